The fraction of sp³-hybridized carbons (Fsp3) is 0.750. The number of carbonyl (C=O) groups is 1. The minimum Gasteiger partial charge on any atom is -0.481 e. The molecule has 0 amide bonds. The van der Waals surface area contributed by atoms with Crippen LogP contribution in [0, 0.1) is 18.8 Å². The smallest absolute Gasteiger partial charge is 0.306 e. The van der Waals surface area contributed by atoms with Gasteiger partial charge in [0.1, 0.15) is 0 Å². The molecule has 2 nitrogen and oxygen atoms in total. The van der Waals surface area contributed by atoms with Gasteiger partial charge in [0, 0.05) is 0 Å². The van der Waals surface area contributed by atoms with Crippen LogP contribution in [0.25, 0.3) is 0 Å². The Kier molecular flexibility index (Phi) is 4.08. The van der Waals surface area contributed by atoms with Crippen LogP contribution in [0.2, 0.25) is 0 Å². The summed E-state index contributed by atoms with van der Waals surface area (Å²) in [5.41, 5.74) is 0. The Bertz CT molecular complexity index is 108. The Morgan fingerprint density at radius 3 is 2.20 bits per heavy atom. The monoisotopic (exact) mass is 143 g/mol. The van der Waals surface area contributed by atoms with Crippen LogP contribution in [0.1, 0.15) is 26.7 Å². The highest BCUT2D eigenvalue weighted by molar-refractivity contribution is 5.69. The van der Waals surface area contributed by atoms with Crippen LogP contribution < -0.4 is 0 Å². The molecule has 0 aliphatic heterocycles. The van der Waals surface area contributed by atoms with Crippen LogP contribution in [-0.2, 0) is 4.79 Å². The van der Waals surface area contributed by atoms with Gasteiger partial charge in [0.2, 0.25) is 0 Å². The molecule has 0 aromatic carbocycles. The van der Waals surface area contributed by atoms with E-state index in [0.29, 0.717) is 12.3 Å². The number of aliphatic carboxylic acids is 1. The second-order valence-electron chi connectivity index (χ2n) is 2.95. The van der Waals surface area contributed by atoms with E-state index in [1.807, 2.05) is 13.8 Å². The minimum absolute atomic E-state index is 0.250. The minimum atomic E-state index is -0.719. The number of carboxylic acid groups (broad SMARTS) is 1. The van der Waals surface area contributed by atoms with E-state index in [4.69, 9.17) is 5.11 Å². The Balaban J connectivity index is 3.72. The van der Waals surface area contributed by atoms with Crippen molar-refractivity contribution in [3.8, 4) is 0 Å². The molecule has 0 aromatic rings. The molecule has 0 aromatic heterocycles. The molecule has 0 spiro atoms. The van der Waals surface area contributed by atoms with Crippen molar-refractivity contribution < 1.29 is 9.90 Å². The fourth-order valence-corrected chi connectivity index (χ4v) is 0.911. The van der Waals surface area contributed by atoms with Gasteiger partial charge >= 0.3 is 5.97 Å². The molecule has 1 N–H and O–H groups in total. The topological polar surface area (TPSA) is 37.3 Å². The molecule has 10 heavy (non-hydrogen) atoms. The summed E-state index contributed by atoms with van der Waals surface area (Å²) in [4.78, 5) is 10.4. The molecule has 0 saturated heterocycles. The average Bonchev–Trinajstić information content (AvgIpc) is 1.81. The Labute approximate surface area is 62.2 Å². The summed E-state index contributed by atoms with van der Waals surface area (Å²) < 4.78 is 0. The third-order valence-corrected chi connectivity index (χ3v) is 1.45. The van der Waals surface area contributed by atoms with E-state index in [2.05, 4.69) is 6.92 Å². The summed E-state index contributed by atoms with van der Waals surface area (Å²) in [6.07, 6.45) is 1.23. The van der Waals surface area contributed by atoms with Crippen LogP contribution >= 0.6 is 0 Å². The first-order valence-corrected chi connectivity index (χ1v) is 3.60. The Hall–Kier alpha value is -0.530. The first kappa shape index (κ1) is 9.47. The predicted octanol–water partition coefficient (Wildman–Crippen LogP) is 1.96. The van der Waals surface area contributed by atoms with Crippen molar-refractivity contribution in [2.75, 3.05) is 0 Å². The molecule has 1 atom stereocenters. The predicted molar refractivity (Wildman–Crippen MR) is 40.6 cm³/mol. The lowest BCUT2D eigenvalue weighted by atomic mass is 9.95. The van der Waals surface area contributed by atoms with Crippen LogP contribution in [0.5, 0.6) is 0 Å². The zero-order valence-corrected chi connectivity index (χ0v) is 6.63. The van der Waals surface area contributed by atoms with E-state index in [9.17, 15) is 4.79 Å². The first-order valence-electron chi connectivity index (χ1n) is 3.60. The summed E-state index contributed by atoms with van der Waals surface area (Å²) >= 11 is 0. The molecule has 2 heteroatoms. The van der Waals surface area contributed by atoms with Crippen molar-refractivity contribution in [2.24, 2.45) is 11.8 Å². The second kappa shape index (κ2) is 4.31. The fourth-order valence-electron chi connectivity index (χ4n) is 0.911. The molecule has 0 rings (SSSR count). The lowest BCUT2D eigenvalue weighted by Crippen LogP contribution is -2.14. The lowest BCUT2D eigenvalue weighted by Gasteiger charge is -2.10. The summed E-state index contributed by atoms with van der Waals surface area (Å²) in [5.74, 6) is -0.522. The van der Waals surface area contributed by atoms with Gasteiger partial charge < -0.3 is 5.11 Å². The number of carboxylic acids is 1. The van der Waals surface area contributed by atoms with Crippen LogP contribution in [-0.4, -0.2) is 11.1 Å². The van der Waals surface area contributed by atoms with Crippen molar-refractivity contribution in [1.82, 2.24) is 0 Å². The number of rotatable bonds is 4. The molecule has 0 bridgehead atoms. The van der Waals surface area contributed by atoms with Crippen LogP contribution in [0.4, 0.5) is 0 Å². The zero-order valence-electron chi connectivity index (χ0n) is 6.63. The molecule has 59 valence electrons. The molecular formula is C8H15O2. The quantitative estimate of drug-likeness (QED) is 0.653. The van der Waals surface area contributed by atoms with E-state index >= 15 is 0 Å². The Morgan fingerprint density at radius 1 is 1.60 bits per heavy atom. The van der Waals surface area contributed by atoms with Gasteiger partial charge in [0.05, 0.1) is 5.92 Å². The van der Waals surface area contributed by atoms with Crippen molar-refractivity contribution in [1.29, 1.82) is 0 Å². The van der Waals surface area contributed by atoms with E-state index in [-0.39, 0.29) is 5.92 Å². The number of hydrogen-bond donors (Lipinski definition) is 1. The van der Waals surface area contributed by atoms with E-state index < -0.39 is 5.97 Å². The maximum atomic E-state index is 10.4. The van der Waals surface area contributed by atoms with Gasteiger partial charge in [-0.2, -0.15) is 0 Å². The Morgan fingerprint density at radius 2 is 2.10 bits per heavy atom. The molecular weight excluding hydrogens is 128 g/mol. The molecule has 0 aliphatic rings. The normalized spacial score (nSPS) is 13.6. The standard InChI is InChI=1S/C8H15O2/c1-4-7(8(9)10)5-6(2)3/h6-7H,1,4-5H2,2-3H3,(H,9,10). The van der Waals surface area contributed by atoms with Gasteiger partial charge in [-0.3, -0.25) is 4.79 Å². The SMILES string of the molecule is [CH2]CC(CC(C)C)C(=O)O. The van der Waals surface area contributed by atoms with E-state index in [1.54, 1.807) is 0 Å². The van der Waals surface area contributed by atoms with Crippen LogP contribution in [0.15, 0.2) is 0 Å². The van der Waals surface area contributed by atoms with Gasteiger partial charge in [-0.1, -0.05) is 20.8 Å². The summed E-state index contributed by atoms with van der Waals surface area (Å²) in [6, 6.07) is 0. The van der Waals surface area contributed by atoms with E-state index in [1.165, 1.54) is 0 Å². The molecule has 1 radical (unpaired) electrons. The molecule has 0 aliphatic carbocycles. The zero-order chi connectivity index (χ0) is 8.15. The third-order valence-electron chi connectivity index (χ3n) is 1.45. The average molecular weight is 143 g/mol. The lowest BCUT2D eigenvalue weighted by molar-refractivity contribution is -0.142. The largest absolute Gasteiger partial charge is 0.481 e. The molecule has 1 unspecified atom stereocenters. The molecule has 0 fully saturated rings. The van der Waals surface area contributed by atoms with Crippen LogP contribution in [0.3, 0.4) is 0 Å². The molecule has 0 saturated carbocycles. The van der Waals surface area contributed by atoms with Gasteiger partial charge in [0.15, 0.2) is 0 Å². The van der Waals surface area contributed by atoms with Crippen molar-refractivity contribution in [2.45, 2.75) is 26.7 Å². The maximum Gasteiger partial charge on any atom is 0.306 e. The first-order chi connectivity index (χ1) is 4.57. The second-order valence-corrected chi connectivity index (χ2v) is 2.95. The molecule has 0 heterocycles. The van der Waals surface area contributed by atoms with Gasteiger partial charge in [-0.15, -0.1) is 0 Å². The van der Waals surface area contributed by atoms with Crippen molar-refractivity contribution in [3.63, 3.8) is 0 Å². The highest BCUT2D eigenvalue weighted by atomic mass is 16.4. The van der Waals surface area contributed by atoms with Gasteiger partial charge in [-0.25, -0.2) is 0 Å². The summed E-state index contributed by atoms with van der Waals surface area (Å²) in [7, 11) is 0. The summed E-state index contributed by atoms with van der Waals surface area (Å²) in [6.45, 7) is 7.62. The van der Waals surface area contributed by atoms with Gasteiger partial charge in [0.25, 0.3) is 0 Å². The van der Waals surface area contributed by atoms with Gasteiger partial charge in [-0.05, 0) is 18.8 Å². The van der Waals surface area contributed by atoms with Crippen molar-refractivity contribution in [3.05, 3.63) is 6.92 Å². The van der Waals surface area contributed by atoms with Crippen molar-refractivity contribution >= 4 is 5.97 Å². The highest BCUT2D eigenvalue weighted by Gasteiger charge is 2.15. The van der Waals surface area contributed by atoms with E-state index in [0.717, 1.165) is 6.42 Å². The summed E-state index contributed by atoms with van der Waals surface area (Å²) in [5, 5.41) is 8.58. The highest BCUT2D eigenvalue weighted by Crippen LogP contribution is 2.14. The number of hydrogen-bond acceptors (Lipinski definition) is 1. The maximum absolute atomic E-state index is 10.4. The third kappa shape index (κ3) is 3.49.